The molecule has 1 aliphatic heterocycles. The van der Waals surface area contributed by atoms with Gasteiger partial charge in [0.05, 0.1) is 5.56 Å². The van der Waals surface area contributed by atoms with Crippen LogP contribution in [0.3, 0.4) is 0 Å². The van der Waals surface area contributed by atoms with Crippen molar-refractivity contribution in [3.05, 3.63) is 47.3 Å². The van der Waals surface area contributed by atoms with Gasteiger partial charge in [0.25, 0.3) is 5.91 Å². The second-order valence-corrected chi connectivity index (χ2v) is 4.33. The molecule has 1 aliphatic rings. The molecule has 0 unspecified atom stereocenters. The Labute approximate surface area is 106 Å². The lowest BCUT2D eigenvalue weighted by Crippen LogP contribution is -2.44. The Bertz CT molecular complexity index is 471. The molecule has 1 N–H and O–H groups in total. The summed E-state index contributed by atoms with van der Waals surface area (Å²) in [5.74, 6) is -0.877. The van der Waals surface area contributed by atoms with Crippen molar-refractivity contribution in [3.63, 3.8) is 0 Å². The first-order chi connectivity index (χ1) is 8.70. The predicted octanol–water partition coefficient (Wildman–Crippen LogP) is 2.51. The van der Waals surface area contributed by atoms with Crippen LogP contribution in [0, 0.1) is 5.82 Å². The average Bonchev–Trinajstić information content (AvgIpc) is 2.40. The van der Waals surface area contributed by atoms with E-state index in [1.165, 1.54) is 17.7 Å². The summed E-state index contributed by atoms with van der Waals surface area (Å²) in [6.07, 6.45) is 4.12. The summed E-state index contributed by atoms with van der Waals surface area (Å²) in [4.78, 5) is 11.9. The molecule has 3 nitrogen and oxygen atoms in total. The molecule has 1 aromatic carbocycles. The van der Waals surface area contributed by atoms with Crippen LogP contribution in [0.4, 0.5) is 4.39 Å². The number of halogens is 1. The number of hydrogen-bond donors (Lipinski definition) is 1. The van der Waals surface area contributed by atoms with E-state index in [1.54, 1.807) is 12.1 Å². The fraction of sp³-hybridized carbons (Fsp3) is 0.357. The average molecular weight is 248 g/mol. The van der Waals surface area contributed by atoms with Crippen LogP contribution in [0.1, 0.15) is 30.1 Å². The van der Waals surface area contributed by atoms with Crippen molar-refractivity contribution < 1.29 is 9.18 Å². The van der Waals surface area contributed by atoms with Crippen molar-refractivity contribution >= 4 is 5.91 Å². The Kier molecular flexibility index (Phi) is 4.10. The first-order valence-electron chi connectivity index (χ1n) is 6.19. The molecule has 0 bridgehead atoms. The highest BCUT2D eigenvalue weighted by Gasteiger charge is 2.16. The number of benzene rings is 1. The van der Waals surface area contributed by atoms with E-state index < -0.39 is 5.82 Å². The van der Waals surface area contributed by atoms with Gasteiger partial charge in [-0.2, -0.15) is 0 Å². The van der Waals surface area contributed by atoms with Gasteiger partial charge in [-0.3, -0.25) is 10.2 Å². The van der Waals surface area contributed by atoms with E-state index in [-0.39, 0.29) is 11.5 Å². The zero-order valence-corrected chi connectivity index (χ0v) is 10.4. The van der Waals surface area contributed by atoms with Crippen LogP contribution in [0.15, 0.2) is 35.9 Å². The molecule has 0 saturated heterocycles. The van der Waals surface area contributed by atoms with E-state index in [1.807, 2.05) is 5.01 Å². The maximum Gasteiger partial charge on any atom is 0.268 e. The normalized spacial score (nSPS) is 16.2. The van der Waals surface area contributed by atoms with E-state index in [4.69, 9.17) is 0 Å². The molecular formula is C14H17FN2O. The molecule has 0 radical (unpaired) electrons. The van der Waals surface area contributed by atoms with Gasteiger partial charge in [-0.1, -0.05) is 30.7 Å². The van der Waals surface area contributed by atoms with Crippen molar-refractivity contribution in [2.45, 2.75) is 19.8 Å². The number of nitrogens with one attached hydrogen (secondary N) is 1. The van der Waals surface area contributed by atoms with Gasteiger partial charge >= 0.3 is 0 Å². The lowest BCUT2D eigenvalue weighted by molar-refractivity contribution is 0.0797. The van der Waals surface area contributed by atoms with Crippen molar-refractivity contribution in [2.24, 2.45) is 0 Å². The van der Waals surface area contributed by atoms with Crippen LogP contribution in [-0.4, -0.2) is 24.0 Å². The third-order valence-corrected chi connectivity index (χ3v) is 3.14. The lowest BCUT2D eigenvalue weighted by Gasteiger charge is -2.26. The number of nitrogens with zero attached hydrogens (tertiary/aromatic N) is 1. The third-order valence-electron chi connectivity index (χ3n) is 3.14. The number of carbonyl (C=O) groups excluding carboxylic acids is 1. The minimum absolute atomic E-state index is 0.0859. The van der Waals surface area contributed by atoms with Crippen molar-refractivity contribution in [1.29, 1.82) is 0 Å². The van der Waals surface area contributed by atoms with Crippen molar-refractivity contribution in [1.82, 2.24) is 10.4 Å². The SMILES string of the molecule is CCC1=CCN(NC(=O)c2ccccc2F)CC1. The van der Waals surface area contributed by atoms with Gasteiger partial charge in [-0.25, -0.2) is 9.40 Å². The van der Waals surface area contributed by atoms with Crippen molar-refractivity contribution in [3.8, 4) is 0 Å². The van der Waals surface area contributed by atoms with Gasteiger partial charge in [-0.05, 0) is 25.0 Å². The second-order valence-electron chi connectivity index (χ2n) is 4.33. The summed E-state index contributed by atoms with van der Waals surface area (Å²) in [6.45, 7) is 3.59. The van der Waals surface area contributed by atoms with Crippen LogP contribution in [0.5, 0.6) is 0 Å². The Hall–Kier alpha value is -1.68. The molecule has 96 valence electrons. The first-order valence-corrected chi connectivity index (χ1v) is 6.19. The zero-order chi connectivity index (χ0) is 13.0. The van der Waals surface area contributed by atoms with E-state index >= 15 is 0 Å². The molecule has 0 aliphatic carbocycles. The molecule has 2 rings (SSSR count). The molecular weight excluding hydrogens is 231 g/mol. The molecule has 0 spiro atoms. The smallest absolute Gasteiger partial charge is 0.268 e. The highest BCUT2D eigenvalue weighted by molar-refractivity contribution is 5.94. The molecule has 0 aromatic heterocycles. The highest BCUT2D eigenvalue weighted by atomic mass is 19.1. The summed E-state index contributed by atoms with van der Waals surface area (Å²) in [6, 6.07) is 6.01. The summed E-state index contributed by atoms with van der Waals surface area (Å²) >= 11 is 0. The predicted molar refractivity (Wildman–Crippen MR) is 68.4 cm³/mol. The van der Waals surface area contributed by atoms with Gasteiger partial charge in [0, 0.05) is 13.1 Å². The number of rotatable bonds is 3. The monoisotopic (exact) mass is 248 g/mol. The van der Waals surface area contributed by atoms with Crippen LogP contribution in [0.2, 0.25) is 0 Å². The molecule has 1 aromatic rings. The molecule has 4 heteroatoms. The standard InChI is InChI=1S/C14H17FN2O/c1-2-11-7-9-17(10-8-11)16-14(18)12-5-3-4-6-13(12)15/h3-7H,2,8-10H2,1H3,(H,16,18). The van der Waals surface area contributed by atoms with Crippen LogP contribution >= 0.6 is 0 Å². The van der Waals surface area contributed by atoms with Crippen LogP contribution in [-0.2, 0) is 0 Å². The highest BCUT2D eigenvalue weighted by Crippen LogP contribution is 2.13. The quantitative estimate of drug-likeness (QED) is 0.834. The van der Waals surface area contributed by atoms with Gasteiger partial charge in [-0.15, -0.1) is 0 Å². The number of amides is 1. The summed E-state index contributed by atoms with van der Waals surface area (Å²) in [7, 11) is 0. The number of hydrazine groups is 1. The second kappa shape index (κ2) is 5.78. The third kappa shape index (κ3) is 2.96. The Morgan fingerprint density at radius 3 is 2.83 bits per heavy atom. The topological polar surface area (TPSA) is 32.3 Å². The van der Waals surface area contributed by atoms with Gasteiger partial charge in [0.15, 0.2) is 0 Å². The van der Waals surface area contributed by atoms with Gasteiger partial charge in [0.2, 0.25) is 0 Å². The Morgan fingerprint density at radius 1 is 1.44 bits per heavy atom. The maximum absolute atomic E-state index is 13.4. The van der Waals surface area contributed by atoms with Crippen LogP contribution < -0.4 is 5.43 Å². The first kappa shape index (κ1) is 12.8. The zero-order valence-electron chi connectivity index (χ0n) is 10.4. The van der Waals surface area contributed by atoms with Gasteiger partial charge in [0.1, 0.15) is 5.82 Å². The summed E-state index contributed by atoms with van der Waals surface area (Å²) in [5, 5.41) is 1.81. The Morgan fingerprint density at radius 2 is 2.22 bits per heavy atom. The largest absolute Gasteiger partial charge is 0.284 e. The fourth-order valence-electron chi connectivity index (χ4n) is 1.98. The molecule has 0 saturated carbocycles. The van der Waals surface area contributed by atoms with Gasteiger partial charge < -0.3 is 0 Å². The molecule has 1 heterocycles. The van der Waals surface area contributed by atoms with E-state index in [9.17, 15) is 9.18 Å². The van der Waals surface area contributed by atoms with Crippen molar-refractivity contribution in [2.75, 3.05) is 13.1 Å². The van der Waals surface area contributed by atoms with E-state index in [0.717, 1.165) is 19.4 Å². The molecule has 18 heavy (non-hydrogen) atoms. The number of hydrogen-bond acceptors (Lipinski definition) is 2. The Balaban J connectivity index is 1.97. The summed E-state index contributed by atoms with van der Waals surface area (Å²) in [5.41, 5.74) is 4.23. The van der Waals surface area contributed by atoms with E-state index in [0.29, 0.717) is 6.54 Å². The van der Waals surface area contributed by atoms with E-state index in [2.05, 4.69) is 18.4 Å². The minimum Gasteiger partial charge on any atom is -0.284 e. The maximum atomic E-state index is 13.4. The number of carbonyl (C=O) groups is 1. The molecule has 0 atom stereocenters. The van der Waals surface area contributed by atoms with Crippen LogP contribution in [0.25, 0.3) is 0 Å². The molecule has 1 amide bonds. The fourth-order valence-corrected chi connectivity index (χ4v) is 1.98. The lowest BCUT2D eigenvalue weighted by atomic mass is 10.1. The summed E-state index contributed by atoms with van der Waals surface area (Å²) < 4.78 is 13.4. The molecule has 0 fully saturated rings. The minimum atomic E-state index is -0.489.